The first-order chi connectivity index (χ1) is 6.15. The minimum Gasteiger partial charge on any atom is -0.271 e. The molecule has 6 heteroatoms. The van der Waals surface area contributed by atoms with Gasteiger partial charge in [-0.3, -0.25) is 21.4 Å². The summed E-state index contributed by atoms with van der Waals surface area (Å²) in [5, 5.41) is 10.2. The molecule has 3 N–H and O–H groups in total. The third-order valence-corrected chi connectivity index (χ3v) is 1.54. The predicted octanol–water partition coefficient (Wildman–Crippen LogP) is 0.697. The quantitative estimate of drug-likeness (QED) is 0.412. The van der Waals surface area contributed by atoms with Crippen molar-refractivity contribution in [3.05, 3.63) is 39.7 Å². The van der Waals surface area contributed by atoms with E-state index in [0.717, 1.165) is 6.07 Å². The highest BCUT2D eigenvalue weighted by Crippen LogP contribution is 2.15. The highest BCUT2D eigenvalue weighted by atomic mass is 19.1. The first-order valence-corrected chi connectivity index (χ1v) is 3.51. The molecule has 0 aliphatic rings. The zero-order chi connectivity index (χ0) is 9.84. The van der Waals surface area contributed by atoms with E-state index in [1.54, 1.807) is 0 Å². The zero-order valence-electron chi connectivity index (χ0n) is 6.66. The van der Waals surface area contributed by atoms with Gasteiger partial charge in [-0.2, -0.15) is 0 Å². The van der Waals surface area contributed by atoms with Gasteiger partial charge in [0, 0.05) is 18.2 Å². The lowest BCUT2D eigenvalue weighted by Crippen LogP contribution is -2.21. The van der Waals surface area contributed by atoms with Crippen molar-refractivity contribution in [1.82, 2.24) is 5.43 Å². The number of hydrogen-bond acceptors (Lipinski definition) is 4. The van der Waals surface area contributed by atoms with E-state index < -0.39 is 10.7 Å². The van der Waals surface area contributed by atoms with E-state index in [0.29, 0.717) is 5.56 Å². The van der Waals surface area contributed by atoms with Gasteiger partial charge in [-0.05, 0) is 6.07 Å². The van der Waals surface area contributed by atoms with Gasteiger partial charge in [0.05, 0.1) is 11.0 Å². The summed E-state index contributed by atoms with van der Waals surface area (Å²) in [5.74, 6) is 4.34. The first-order valence-electron chi connectivity index (χ1n) is 3.51. The molecule has 0 saturated carbocycles. The molecule has 0 fully saturated rings. The molecule has 13 heavy (non-hydrogen) atoms. The lowest BCUT2D eigenvalue weighted by atomic mass is 10.2. The summed E-state index contributed by atoms with van der Waals surface area (Å²) in [7, 11) is 0. The number of nitrogens with one attached hydrogen (secondary N) is 1. The van der Waals surface area contributed by atoms with Crippen molar-refractivity contribution >= 4 is 5.69 Å². The standard InChI is InChI=1S/C7H8FN3O2/c8-7-3-6(11(12)13)2-1-5(7)4-10-9/h1-3,10H,4,9H2. The second kappa shape index (κ2) is 3.92. The van der Waals surface area contributed by atoms with Crippen molar-refractivity contribution in [3.63, 3.8) is 0 Å². The molecule has 1 aromatic carbocycles. The number of nitrogens with zero attached hydrogens (tertiary/aromatic N) is 1. The fourth-order valence-electron chi connectivity index (χ4n) is 0.903. The maximum absolute atomic E-state index is 13.0. The molecule has 0 spiro atoms. The van der Waals surface area contributed by atoms with Gasteiger partial charge in [-0.1, -0.05) is 0 Å². The normalized spacial score (nSPS) is 10.0. The fourth-order valence-corrected chi connectivity index (χ4v) is 0.903. The molecule has 0 amide bonds. The van der Waals surface area contributed by atoms with Crippen LogP contribution < -0.4 is 11.3 Å². The van der Waals surface area contributed by atoms with E-state index in [-0.39, 0.29) is 12.2 Å². The Morgan fingerprint density at radius 2 is 2.31 bits per heavy atom. The van der Waals surface area contributed by atoms with Gasteiger partial charge >= 0.3 is 0 Å². The number of rotatable bonds is 3. The molecular formula is C7H8FN3O2. The summed E-state index contributed by atoms with van der Waals surface area (Å²) in [4.78, 5) is 9.57. The molecule has 0 atom stereocenters. The molecule has 0 heterocycles. The van der Waals surface area contributed by atoms with Gasteiger partial charge in [-0.15, -0.1) is 0 Å². The molecule has 70 valence electrons. The minimum atomic E-state index is -0.650. The van der Waals surface area contributed by atoms with Gasteiger partial charge in [0.1, 0.15) is 5.82 Å². The number of hydrogen-bond donors (Lipinski definition) is 2. The Morgan fingerprint density at radius 3 is 2.77 bits per heavy atom. The van der Waals surface area contributed by atoms with Crippen LogP contribution in [0.3, 0.4) is 0 Å². The Labute approximate surface area is 73.5 Å². The molecule has 0 bridgehead atoms. The summed E-state index contributed by atoms with van der Waals surface area (Å²) in [6.07, 6.45) is 0. The van der Waals surface area contributed by atoms with Crippen molar-refractivity contribution in [2.75, 3.05) is 0 Å². The molecule has 0 aromatic heterocycles. The van der Waals surface area contributed by atoms with Gasteiger partial charge in [0.2, 0.25) is 0 Å². The monoisotopic (exact) mass is 185 g/mol. The number of nitro groups is 1. The van der Waals surface area contributed by atoms with Gasteiger partial charge in [0.25, 0.3) is 5.69 Å². The number of non-ortho nitro benzene ring substituents is 1. The number of hydrazine groups is 1. The summed E-state index contributed by atoms with van der Waals surface area (Å²) < 4.78 is 13.0. The zero-order valence-corrected chi connectivity index (χ0v) is 6.66. The van der Waals surface area contributed by atoms with E-state index in [9.17, 15) is 14.5 Å². The molecule has 0 saturated heterocycles. The fraction of sp³-hybridized carbons (Fsp3) is 0.143. The van der Waals surface area contributed by atoms with Crippen LogP contribution in [-0.2, 0) is 6.54 Å². The van der Waals surface area contributed by atoms with Crippen molar-refractivity contribution in [3.8, 4) is 0 Å². The Hall–Kier alpha value is -1.53. The van der Waals surface area contributed by atoms with E-state index in [4.69, 9.17) is 5.84 Å². The second-order valence-electron chi connectivity index (χ2n) is 2.41. The predicted molar refractivity (Wildman–Crippen MR) is 44.1 cm³/mol. The summed E-state index contributed by atoms with van der Waals surface area (Å²) in [6.45, 7) is 0.143. The van der Waals surface area contributed by atoms with Crippen LogP contribution in [0.25, 0.3) is 0 Å². The number of nitro benzene ring substituents is 1. The Balaban J connectivity index is 2.98. The van der Waals surface area contributed by atoms with Gasteiger partial charge in [0.15, 0.2) is 0 Å². The summed E-state index contributed by atoms with van der Waals surface area (Å²) in [5.41, 5.74) is 2.30. The topological polar surface area (TPSA) is 81.2 Å². The maximum Gasteiger partial charge on any atom is 0.272 e. The third kappa shape index (κ3) is 2.20. The SMILES string of the molecule is NNCc1ccc([N+](=O)[O-])cc1F. The third-order valence-electron chi connectivity index (χ3n) is 1.54. The van der Waals surface area contributed by atoms with Gasteiger partial charge in [-0.25, -0.2) is 4.39 Å². The van der Waals surface area contributed by atoms with Crippen molar-refractivity contribution < 1.29 is 9.31 Å². The molecule has 0 radical (unpaired) electrons. The van der Waals surface area contributed by atoms with Crippen LogP contribution in [0.15, 0.2) is 18.2 Å². The molecule has 1 aromatic rings. The van der Waals surface area contributed by atoms with Crippen molar-refractivity contribution in [2.45, 2.75) is 6.54 Å². The minimum absolute atomic E-state index is 0.143. The molecule has 1 rings (SSSR count). The Morgan fingerprint density at radius 1 is 1.62 bits per heavy atom. The van der Waals surface area contributed by atoms with Gasteiger partial charge < -0.3 is 0 Å². The lowest BCUT2D eigenvalue weighted by Gasteiger charge is -2.00. The smallest absolute Gasteiger partial charge is 0.271 e. The molecule has 0 aliphatic carbocycles. The molecular weight excluding hydrogens is 177 g/mol. The van der Waals surface area contributed by atoms with E-state index >= 15 is 0 Å². The van der Waals surface area contributed by atoms with Crippen LogP contribution >= 0.6 is 0 Å². The van der Waals surface area contributed by atoms with Crippen LogP contribution in [0.4, 0.5) is 10.1 Å². The highest BCUT2D eigenvalue weighted by molar-refractivity contribution is 5.34. The number of nitrogens with two attached hydrogens (primary N) is 1. The highest BCUT2D eigenvalue weighted by Gasteiger charge is 2.09. The van der Waals surface area contributed by atoms with Crippen molar-refractivity contribution in [2.24, 2.45) is 5.84 Å². The summed E-state index contributed by atoms with van der Waals surface area (Å²) in [6, 6.07) is 3.43. The molecule has 5 nitrogen and oxygen atoms in total. The second-order valence-corrected chi connectivity index (χ2v) is 2.41. The van der Waals surface area contributed by atoms with Crippen molar-refractivity contribution in [1.29, 1.82) is 0 Å². The average molecular weight is 185 g/mol. The summed E-state index contributed by atoms with van der Waals surface area (Å²) >= 11 is 0. The first kappa shape index (κ1) is 9.56. The number of halogens is 1. The molecule has 0 aliphatic heterocycles. The van der Waals surface area contributed by atoms with Crippen LogP contribution in [0.5, 0.6) is 0 Å². The van der Waals surface area contributed by atoms with E-state index in [2.05, 4.69) is 5.43 Å². The average Bonchev–Trinajstić information content (AvgIpc) is 2.08. The van der Waals surface area contributed by atoms with Crippen LogP contribution in [0, 0.1) is 15.9 Å². The van der Waals surface area contributed by atoms with E-state index in [1.807, 2.05) is 0 Å². The largest absolute Gasteiger partial charge is 0.272 e. The number of benzene rings is 1. The van der Waals surface area contributed by atoms with E-state index in [1.165, 1.54) is 12.1 Å². The van der Waals surface area contributed by atoms with Crippen LogP contribution in [0.2, 0.25) is 0 Å². The molecule has 0 unspecified atom stereocenters. The van der Waals surface area contributed by atoms with Crippen LogP contribution in [-0.4, -0.2) is 4.92 Å². The van der Waals surface area contributed by atoms with Crippen LogP contribution in [0.1, 0.15) is 5.56 Å². The Kier molecular flexibility index (Phi) is 2.88. The maximum atomic E-state index is 13.0. The Bertz CT molecular complexity index is 330. The lowest BCUT2D eigenvalue weighted by molar-refractivity contribution is -0.385.